The molecule has 0 spiro atoms. The Hall–Kier alpha value is 0. The first-order valence-corrected chi connectivity index (χ1v) is 10.9. The number of hydrogen-bond acceptors (Lipinski definition) is 0. The van der Waals surface area contributed by atoms with Gasteiger partial charge in [0.2, 0.25) is 0 Å². The van der Waals surface area contributed by atoms with Crippen LogP contribution in [0.1, 0.15) is 73.6 Å². The van der Waals surface area contributed by atoms with Gasteiger partial charge in [-0.05, 0) is 96.7 Å². The quantitative estimate of drug-likeness (QED) is 0.524. The van der Waals surface area contributed by atoms with Gasteiger partial charge in [0.05, 0.1) is 0 Å². The van der Waals surface area contributed by atoms with E-state index < -0.39 is 0 Å². The molecule has 0 heteroatoms. The lowest BCUT2D eigenvalue weighted by Crippen LogP contribution is -2.44. The Bertz CT molecular complexity index is 433. The highest BCUT2D eigenvalue weighted by atomic mass is 14.7. The minimum Gasteiger partial charge on any atom is -0.0651 e. The lowest BCUT2D eigenvalue weighted by molar-refractivity contribution is -0.0221. The molecule has 0 saturated heterocycles. The molecule has 0 amide bonds. The van der Waals surface area contributed by atoms with Crippen LogP contribution in [0.2, 0.25) is 0 Å². The Morgan fingerprint density at radius 2 is 1.52 bits per heavy atom. The van der Waals surface area contributed by atoms with Crippen LogP contribution in [0.4, 0.5) is 0 Å². The monoisotopic (exact) mass is 316 g/mol. The van der Waals surface area contributed by atoms with Crippen LogP contribution in [0, 0.1) is 71.0 Å². The molecule has 23 heavy (non-hydrogen) atoms. The lowest BCUT2D eigenvalue weighted by Gasteiger charge is -2.52. The average Bonchev–Trinajstić information content (AvgIpc) is 3.12. The summed E-state index contributed by atoms with van der Waals surface area (Å²) in [4.78, 5) is 0. The predicted molar refractivity (Wildman–Crippen MR) is 99.0 cm³/mol. The molecule has 4 fully saturated rings. The maximum Gasteiger partial charge on any atom is -0.0321 e. The molecule has 4 saturated carbocycles. The number of hydrogen-bond donors (Lipinski definition) is 0. The summed E-state index contributed by atoms with van der Waals surface area (Å²) in [7, 11) is 0. The van der Waals surface area contributed by atoms with Gasteiger partial charge in [-0.25, -0.2) is 0 Å². The second-order valence-corrected chi connectivity index (χ2v) is 10.6. The smallest absolute Gasteiger partial charge is 0.0321 e. The van der Waals surface area contributed by atoms with E-state index in [0.717, 1.165) is 71.0 Å². The second-order valence-electron chi connectivity index (χ2n) is 10.6. The molecule has 4 aliphatic carbocycles. The summed E-state index contributed by atoms with van der Waals surface area (Å²) in [6, 6.07) is 0. The Labute approximate surface area is 145 Å². The molecule has 0 bridgehead atoms. The van der Waals surface area contributed by atoms with E-state index in [1.54, 1.807) is 19.3 Å². The van der Waals surface area contributed by atoms with Crippen molar-refractivity contribution >= 4 is 0 Å². The fraction of sp³-hybridized carbons (Fsp3) is 1.00. The fourth-order valence-corrected chi connectivity index (χ4v) is 8.00. The zero-order valence-corrected chi connectivity index (χ0v) is 16.5. The first-order chi connectivity index (χ1) is 10.9. The standard InChI is InChI=1S/C23H40/c1-7-18-13(3)10-20(18)14(4)9-19-12(2)8-17(19)11-21-15(5)22-16(6)23(21)22/h12-23H,7-11H2,1-6H3. The third-order valence-electron chi connectivity index (χ3n) is 9.65. The minimum absolute atomic E-state index is 0.984. The molecular weight excluding hydrogens is 276 g/mol. The van der Waals surface area contributed by atoms with Crippen molar-refractivity contribution in [1.29, 1.82) is 0 Å². The Kier molecular flexibility index (Phi) is 4.13. The van der Waals surface area contributed by atoms with Gasteiger partial charge < -0.3 is 0 Å². The first-order valence-electron chi connectivity index (χ1n) is 10.9. The van der Waals surface area contributed by atoms with Crippen LogP contribution in [0.5, 0.6) is 0 Å². The van der Waals surface area contributed by atoms with E-state index in [4.69, 9.17) is 0 Å². The van der Waals surface area contributed by atoms with E-state index in [1.807, 2.05) is 0 Å². The molecule has 4 aliphatic rings. The van der Waals surface area contributed by atoms with Gasteiger partial charge in [0, 0.05) is 0 Å². The molecular formula is C23H40. The molecule has 4 rings (SSSR count). The summed E-state index contributed by atoms with van der Waals surface area (Å²) in [5.41, 5.74) is 0. The maximum atomic E-state index is 2.59. The topological polar surface area (TPSA) is 0 Å². The van der Waals surface area contributed by atoms with Crippen molar-refractivity contribution in [1.82, 2.24) is 0 Å². The molecule has 132 valence electrons. The van der Waals surface area contributed by atoms with Crippen LogP contribution in [-0.2, 0) is 0 Å². The van der Waals surface area contributed by atoms with Gasteiger partial charge in [-0.1, -0.05) is 48.0 Å². The van der Waals surface area contributed by atoms with E-state index in [-0.39, 0.29) is 0 Å². The van der Waals surface area contributed by atoms with Crippen molar-refractivity contribution in [2.75, 3.05) is 0 Å². The molecule has 0 nitrogen and oxygen atoms in total. The van der Waals surface area contributed by atoms with Crippen molar-refractivity contribution in [3.63, 3.8) is 0 Å². The molecule has 0 aliphatic heterocycles. The van der Waals surface area contributed by atoms with Gasteiger partial charge in [0.25, 0.3) is 0 Å². The summed E-state index contributed by atoms with van der Waals surface area (Å²) in [6.07, 6.45) is 7.62. The van der Waals surface area contributed by atoms with Gasteiger partial charge in [0.1, 0.15) is 0 Å². The lowest BCUT2D eigenvalue weighted by atomic mass is 9.54. The molecule has 0 aromatic heterocycles. The Balaban J connectivity index is 1.29. The zero-order chi connectivity index (χ0) is 16.5. The Morgan fingerprint density at radius 3 is 2.04 bits per heavy atom. The molecule has 0 aromatic rings. The third kappa shape index (κ3) is 2.44. The van der Waals surface area contributed by atoms with Crippen molar-refractivity contribution in [3.8, 4) is 0 Å². The molecule has 0 radical (unpaired) electrons. The van der Waals surface area contributed by atoms with Crippen molar-refractivity contribution in [3.05, 3.63) is 0 Å². The SMILES string of the molecule is CCC1C(C)CC1C(C)CC1C(C)CC1CC1C(C)C2C(C)C12. The van der Waals surface area contributed by atoms with E-state index in [0.29, 0.717) is 0 Å². The van der Waals surface area contributed by atoms with E-state index in [1.165, 1.54) is 12.8 Å². The van der Waals surface area contributed by atoms with E-state index in [9.17, 15) is 0 Å². The third-order valence-corrected chi connectivity index (χ3v) is 9.65. The first kappa shape index (κ1) is 16.5. The van der Waals surface area contributed by atoms with Crippen LogP contribution in [-0.4, -0.2) is 0 Å². The van der Waals surface area contributed by atoms with E-state index in [2.05, 4.69) is 41.5 Å². The van der Waals surface area contributed by atoms with Crippen LogP contribution in [0.25, 0.3) is 0 Å². The van der Waals surface area contributed by atoms with Gasteiger partial charge in [-0.2, -0.15) is 0 Å². The molecule has 0 heterocycles. The zero-order valence-electron chi connectivity index (χ0n) is 16.5. The van der Waals surface area contributed by atoms with Crippen molar-refractivity contribution < 1.29 is 0 Å². The fourth-order valence-electron chi connectivity index (χ4n) is 8.00. The maximum absolute atomic E-state index is 2.59. The molecule has 12 atom stereocenters. The normalized spacial score (nSPS) is 58.4. The van der Waals surface area contributed by atoms with E-state index >= 15 is 0 Å². The Morgan fingerprint density at radius 1 is 0.826 bits per heavy atom. The number of rotatable bonds is 6. The highest BCUT2D eigenvalue weighted by Crippen LogP contribution is 2.70. The molecule has 12 unspecified atom stereocenters. The van der Waals surface area contributed by atoms with Crippen molar-refractivity contribution in [2.45, 2.75) is 73.6 Å². The summed E-state index contributed by atoms with van der Waals surface area (Å²) >= 11 is 0. The average molecular weight is 317 g/mol. The summed E-state index contributed by atoms with van der Waals surface area (Å²) in [6.45, 7) is 15.1. The van der Waals surface area contributed by atoms with Gasteiger partial charge in [-0.15, -0.1) is 0 Å². The molecule has 0 aromatic carbocycles. The summed E-state index contributed by atoms with van der Waals surface area (Å²) < 4.78 is 0. The highest BCUT2D eigenvalue weighted by Gasteiger charge is 2.65. The summed E-state index contributed by atoms with van der Waals surface area (Å²) in [5, 5.41) is 0. The van der Waals surface area contributed by atoms with Crippen LogP contribution in [0.15, 0.2) is 0 Å². The summed E-state index contributed by atoms with van der Waals surface area (Å²) in [5.74, 6) is 12.8. The second kappa shape index (κ2) is 5.77. The van der Waals surface area contributed by atoms with Crippen molar-refractivity contribution in [2.24, 2.45) is 71.0 Å². The molecule has 0 N–H and O–H groups in total. The van der Waals surface area contributed by atoms with Crippen LogP contribution >= 0.6 is 0 Å². The predicted octanol–water partition coefficient (Wildman–Crippen LogP) is 6.51. The number of fused-ring (bicyclic) bond motifs is 1. The van der Waals surface area contributed by atoms with Gasteiger partial charge >= 0.3 is 0 Å². The van der Waals surface area contributed by atoms with Gasteiger partial charge in [-0.3, -0.25) is 0 Å². The van der Waals surface area contributed by atoms with Crippen LogP contribution in [0.3, 0.4) is 0 Å². The van der Waals surface area contributed by atoms with Crippen LogP contribution < -0.4 is 0 Å². The minimum atomic E-state index is 0.984. The largest absolute Gasteiger partial charge is 0.0651 e. The highest BCUT2D eigenvalue weighted by molar-refractivity contribution is 5.12. The van der Waals surface area contributed by atoms with Gasteiger partial charge in [0.15, 0.2) is 0 Å².